The number of likely N-dealkylation sites (N-methyl/N-ethyl adjacent to an activating group) is 1. The molecule has 1 saturated heterocycles. The molecule has 6 nitrogen and oxygen atoms in total. The van der Waals surface area contributed by atoms with E-state index in [2.05, 4.69) is 82.3 Å². The van der Waals surface area contributed by atoms with Crippen molar-refractivity contribution in [1.82, 2.24) is 9.88 Å². The third kappa shape index (κ3) is 5.94. The monoisotopic (exact) mass is 394 g/mol. The molecule has 156 valence electrons. The highest BCUT2D eigenvalue weighted by Gasteiger charge is 2.16. The Kier molecular flexibility index (Phi) is 7.47. The van der Waals surface area contributed by atoms with Gasteiger partial charge in [0.2, 0.25) is 0 Å². The fourth-order valence-electron chi connectivity index (χ4n) is 3.49. The molecule has 0 radical (unpaired) electrons. The molecule has 1 aliphatic rings. The van der Waals surface area contributed by atoms with E-state index < -0.39 is 0 Å². The van der Waals surface area contributed by atoms with Gasteiger partial charge in [0.05, 0.1) is 6.54 Å². The zero-order valence-electron chi connectivity index (χ0n) is 17.9. The number of aliphatic imine (C=N–C) groups is 1. The third-order valence-corrected chi connectivity index (χ3v) is 5.75. The van der Waals surface area contributed by atoms with Gasteiger partial charge in [-0.3, -0.25) is 0 Å². The van der Waals surface area contributed by atoms with Crippen LogP contribution in [-0.4, -0.2) is 48.6 Å². The van der Waals surface area contributed by atoms with Gasteiger partial charge in [-0.2, -0.15) is 0 Å². The zero-order valence-corrected chi connectivity index (χ0v) is 17.9. The van der Waals surface area contributed by atoms with Crippen molar-refractivity contribution in [3.8, 4) is 0 Å². The van der Waals surface area contributed by atoms with Crippen molar-refractivity contribution in [1.29, 1.82) is 0 Å². The van der Waals surface area contributed by atoms with Crippen LogP contribution in [0.1, 0.15) is 44.2 Å². The van der Waals surface area contributed by atoms with Crippen LogP contribution in [0, 0.1) is 0 Å². The fraction of sp³-hybridized carbons (Fsp3) is 0.478. The van der Waals surface area contributed by atoms with Crippen molar-refractivity contribution in [2.75, 3.05) is 42.9 Å². The lowest BCUT2D eigenvalue weighted by atomic mass is 9.99. The summed E-state index contributed by atoms with van der Waals surface area (Å²) in [5.74, 6) is 2.03. The topological polar surface area (TPSA) is 69.8 Å². The Hall–Kier alpha value is -2.60. The standard InChI is InChI=1S/C23H34N6/c1-4-18(3)20-7-9-21(10-8-20)27-23(24)26-17-19-6-11-22(25-16-19)29-14-12-28(5-2)13-15-29/h6-11,16,18H,4-5,12-15,17H2,1-3H3,(H3,24,26,27). The van der Waals surface area contributed by atoms with E-state index >= 15 is 0 Å². The zero-order chi connectivity index (χ0) is 20.6. The maximum atomic E-state index is 6.06. The summed E-state index contributed by atoms with van der Waals surface area (Å²) in [6, 6.07) is 12.6. The number of guanidine groups is 1. The summed E-state index contributed by atoms with van der Waals surface area (Å²) in [6.07, 6.45) is 3.04. The number of pyridine rings is 1. The predicted molar refractivity (Wildman–Crippen MR) is 123 cm³/mol. The molecule has 0 aliphatic carbocycles. The molecule has 1 unspecified atom stereocenters. The van der Waals surface area contributed by atoms with E-state index in [0.29, 0.717) is 18.4 Å². The van der Waals surface area contributed by atoms with E-state index in [9.17, 15) is 0 Å². The quantitative estimate of drug-likeness (QED) is 0.554. The first-order chi connectivity index (χ1) is 14.1. The Labute approximate surface area is 174 Å². The van der Waals surface area contributed by atoms with E-state index in [-0.39, 0.29) is 0 Å². The summed E-state index contributed by atoms with van der Waals surface area (Å²) >= 11 is 0. The Morgan fingerprint density at radius 2 is 1.83 bits per heavy atom. The summed E-state index contributed by atoms with van der Waals surface area (Å²) in [7, 11) is 0. The minimum Gasteiger partial charge on any atom is -0.370 e. The number of hydrogen-bond acceptors (Lipinski definition) is 4. The van der Waals surface area contributed by atoms with Crippen molar-refractivity contribution in [3.05, 3.63) is 53.7 Å². The molecule has 0 saturated carbocycles. The Balaban J connectivity index is 1.51. The average Bonchev–Trinajstić information content (AvgIpc) is 2.78. The fourth-order valence-corrected chi connectivity index (χ4v) is 3.49. The first kappa shape index (κ1) is 21.1. The summed E-state index contributed by atoms with van der Waals surface area (Å²) < 4.78 is 0. The van der Waals surface area contributed by atoms with E-state index in [1.54, 1.807) is 0 Å². The molecule has 6 heteroatoms. The Bertz CT molecular complexity index is 776. The van der Waals surface area contributed by atoms with E-state index in [0.717, 1.165) is 56.2 Å². The molecule has 1 atom stereocenters. The molecule has 0 amide bonds. The first-order valence-corrected chi connectivity index (χ1v) is 10.7. The SMILES string of the molecule is CCC(C)c1ccc(NC(N)=NCc2ccc(N3CCN(CC)CC3)nc2)cc1. The number of piperazine rings is 1. The van der Waals surface area contributed by atoms with Gasteiger partial charge in [-0.1, -0.05) is 39.0 Å². The molecule has 1 aromatic heterocycles. The lowest BCUT2D eigenvalue weighted by molar-refractivity contribution is 0.270. The van der Waals surface area contributed by atoms with Gasteiger partial charge in [-0.15, -0.1) is 0 Å². The second-order valence-electron chi connectivity index (χ2n) is 7.70. The minimum atomic E-state index is 0.418. The van der Waals surface area contributed by atoms with Gasteiger partial charge < -0.3 is 20.9 Å². The molecule has 0 bridgehead atoms. The van der Waals surface area contributed by atoms with Crippen LogP contribution < -0.4 is 16.0 Å². The number of aromatic nitrogens is 1. The van der Waals surface area contributed by atoms with Gasteiger partial charge in [0.15, 0.2) is 5.96 Å². The van der Waals surface area contributed by atoms with Crippen LogP contribution in [0.2, 0.25) is 0 Å². The molecule has 3 N–H and O–H groups in total. The normalized spacial score (nSPS) is 16.7. The lowest BCUT2D eigenvalue weighted by Crippen LogP contribution is -2.46. The van der Waals surface area contributed by atoms with Crippen LogP contribution in [0.15, 0.2) is 47.6 Å². The highest BCUT2D eigenvalue weighted by atomic mass is 15.3. The number of nitrogens with one attached hydrogen (secondary N) is 1. The largest absolute Gasteiger partial charge is 0.370 e. The van der Waals surface area contributed by atoms with Crippen molar-refractivity contribution in [3.63, 3.8) is 0 Å². The third-order valence-electron chi connectivity index (χ3n) is 5.75. The molecule has 2 heterocycles. The molecular formula is C23H34N6. The summed E-state index contributed by atoms with van der Waals surface area (Å²) in [6.45, 7) is 12.6. The molecule has 1 aliphatic heterocycles. The van der Waals surface area contributed by atoms with Crippen LogP contribution in [0.4, 0.5) is 11.5 Å². The van der Waals surface area contributed by atoms with Crippen molar-refractivity contribution in [2.24, 2.45) is 10.7 Å². The molecule has 3 rings (SSSR count). The van der Waals surface area contributed by atoms with Crippen molar-refractivity contribution in [2.45, 2.75) is 39.7 Å². The van der Waals surface area contributed by atoms with Crippen LogP contribution in [0.3, 0.4) is 0 Å². The maximum Gasteiger partial charge on any atom is 0.193 e. The second-order valence-corrected chi connectivity index (χ2v) is 7.70. The smallest absolute Gasteiger partial charge is 0.193 e. The van der Waals surface area contributed by atoms with Crippen molar-refractivity contribution >= 4 is 17.5 Å². The van der Waals surface area contributed by atoms with Gasteiger partial charge in [-0.25, -0.2) is 9.98 Å². The summed E-state index contributed by atoms with van der Waals surface area (Å²) in [5, 5.41) is 3.16. The van der Waals surface area contributed by atoms with Crippen LogP contribution >= 0.6 is 0 Å². The molecule has 29 heavy (non-hydrogen) atoms. The number of benzene rings is 1. The summed E-state index contributed by atoms with van der Waals surface area (Å²) in [4.78, 5) is 13.9. The first-order valence-electron chi connectivity index (χ1n) is 10.7. The van der Waals surface area contributed by atoms with Crippen molar-refractivity contribution < 1.29 is 0 Å². The number of hydrogen-bond donors (Lipinski definition) is 2. The van der Waals surface area contributed by atoms with E-state index in [1.807, 2.05) is 6.20 Å². The van der Waals surface area contributed by atoms with E-state index in [4.69, 9.17) is 5.73 Å². The minimum absolute atomic E-state index is 0.418. The molecule has 2 aromatic rings. The Morgan fingerprint density at radius 3 is 2.41 bits per heavy atom. The molecule has 1 aromatic carbocycles. The lowest BCUT2D eigenvalue weighted by Gasteiger charge is -2.34. The number of nitrogens with zero attached hydrogens (tertiary/aromatic N) is 4. The van der Waals surface area contributed by atoms with Crippen LogP contribution in [0.5, 0.6) is 0 Å². The average molecular weight is 395 g/mol. The number of rotatable bonds is 7. The predicted octanol–water partition coefficient (Wildman–Crippen LogP) is 3.66. The highest BCUT2D eigenvalue weighted by Crippen LogP contribution is 2.20. The molecule has 1 fully saturated rings. The van der Waals surface area contributed by atoms with Gasteiger partial charge in [-0.05, 0) is 48.2 Å². The van der Waals surface area contributed by atoms with Gasteiger partial charge in [0, 0.05) is 38.1 Å². The second kappa shape index (κ2) is 10.3. The number of anilines is 2. The molecule has 0 spiro atoms. The highest BCUT2D eigenvalue weighted by molar-refractivity contribution is 5.92. The Morgan fingerprint density at radius 1 is 1.10 bits per heavy atom. The van der Waals surface area contributed by atoms with Gasteiger partial charge >= 0.3 is 0 Å². The van der Waals surface area contributed by atoms with Gasteiger partial charge in [0.25, 0.3) is 0 Å². The van der Waals surface area contributed by atoms with Crippen LogP contribution in [-0.2, 0) is 6.54 Å². The maximum absolute atomic E-state index is 6.06. The van der Waals surface area contributed by atoms with E-state index in [1.165, 1.54) is 5.56 Å². The number of nitrogens with two attached hydrogens (primary N) is 1. The van der Waals surface area contributed by atoms with Gasteiger partial charge in [0.1, 0.15) is 5.82 Å². The summed E-state index contributed by atoms with van der Waals surface area (Å²) in [5.41, 5.74) is 9.41. The van der Waals surface area contributed by atoms with Crippen LogP contribution in [0.25, 0.3) is 0 Å². The molecular weight excluding hydrogens is 360 g/mol.